The quantitative estimate of drug-likeness (QED) is 0.517. The smallest absolute Gasteiger partial charge is 0.414 e. The minimum Gasteiger partial charge on any atom is -0.481 e. The molecule has 3 aromatic rings. The van der Waals surface area contributed by atoms with Gasteiger partial charge in [-0.2, -0.15) is 0 Å². The van der Waals surface area contributed by atoms with E-state index in [0.29, 0.717) is 65.9 Å². The largest absolute Gasteiger partial charge is 0.481 e. The number of rotatable bonds is 6. The van der Waals surface area contributed by atoms with Crippen LogP contribution in [0.25, 0.3) is 11.0 Å². The molecule has 2 fully saturated rings. The topological polar surface area (TPSA) is 109 Å². The Bertz CT molecular complexity index is 1370. The van der Waals surface area contributed by atoms with E-state index in [0.717, 1.165) is 4.90 Å². The second-order valence-corrected chi connectivity index (χ2v) is 9.84. The summed E-state index contributed by atoms with van der Waals surface area (Å²) in [5.41, 5.74) is 2.87. The number of cyclic esters (lactones) is 1. The third-order valence-corrected chi connectivity index (χ3v) is 7.51. The number of methoxy groups -OCH3 is 1. The summed E-state index contributed by atoms with van der Waals surface area (Å²) in [6.45, 7) is 2.04. The van der Waals surface area contributed by atoms with Crippen molar-refractivity contribution in [3.63, 3.8) is 0 Å². The maximum absolute atomic E-state index is 14.7. The first-order valence-corrected chi connectivity index (χ1v) is 12.5. The van der Waals surface area contributed by atoms with E-state index in [9.17, 15) is 14.0 Å². The van der Waals surface area contributed by atoms with Gasteiger partial charge in [-0.1, -0.05) is 0 Å². The molecule has 3 aliphatic heterocycles. The number of carbonyl (C=O) groups excluding carboxylic acids is 2. The van der Waals surface area contributed by atoms with Crippen molar-refractivity contribution in [2.75, 3.05) is 54.2 Å². The van der Waals surface area contributed by atoms with E-state index in [4.69, 9.17) is 9.47 Å². The van der Waals surface area contributed by atoms with E-state index in [2.05, 4.69) is 20.6 Å². The van der Waals surface area contributed by atoms with Gasteiger partial charge >= 0.3 is 6.09 Å². The number of hydrogen-bond acceptors (Lipinski definition) is 9. The highest BCUT2D eigenvalue weighted by Gasteiger charge is 2.35. The summed E-state index contributed by atoms with van der Waals surface area (Å²) in [6, 6.07) is 9.14. The van der Waals surface area contributed by atoms with Gasteiger partial charge in [0.15, 0.2) is 5.82 Å². The van der Waals surface area contributed by atoms with E-state index >= 15 is 0 Å². The van der Waals surface area contributed by atoms with Gasteiger partial charge in [0.1, 0.15) is 17.3 Å². The number of pyridine rings is 2. The van der Waals surface area contributed by atoms with Gasteiger partial charge in [0.2, 0.25) is 11.8 Å². The fourth-order valence-electron chi connectivity index (χ4n) is 4.59. The van der Waals surface area contributed by atoms with Crippen molar-refractivity contribution in [1.29, 1.82) is 0 Å². The Kier molecular flexibility index (Phi) is 5.76. The van der Waals surface area contributed by atoms with Crippen molar-refractivity contribution >= 4 is 51.9 Å². The molecule has 1 aromatic carbocycles. The number of nitrogens with zero attached hydrogens (tertiary/aromatic N) is 4. The Morgan fingerprint density at radius 1 is 1.25 bits per heavy atom. The molecule has 10 nitrogen and oxygen atoms in total. The zero-order valence-corrected chi connectivity index (χ0v) is 20.2. The summed E-state index contributed by atoms with van der Waals surface area (Å²) >= 11 is 1.47. The average Bonchev–Trinajstić information content (AvgIpc) is 3.23. The van der Waals surface area contributed by atoms with E-state index in [1.807, 2.05) is 17.0 Å². The van der Waals surface area contributed by atoms with Gasteiger partial charge in [0.05, 0.1) is 36.8 Å². The maximum Gasteiger partial charge on any atom is 0.414 e. The van der Waals surface area contributed by atoms with Crippen LogP contribution in [0.4, 0.5) is 26.2 Å². The first-order chi connectivity index (χ1) is 17.5. The van der Waals surface area contributed by atoms with Gasteiger partial charge in [-0.3, -0.25) is 14.7 Å². The van der Waals surface area contributed by atoms with Crippen LogP contribution in [0.3, 0.4) is 0 Å². The number of thioether (sulfide) groups is 1. The number of halogens is 1. The highest BCUT2D eigenvalue weighted by molar-refractivity contribution is 8.00. The molecule has 186 valence electrons. The zero-order valence-electron chi connectivity index (χ0n) is 19.4. The standard InChI is InChI=1S/C24H23FN6O4S/c1-34-21-5-3-17-22(29-21)23(16(25)8-27-17)30-9-13(10-30)26-7-15-11-31(24(33)35-15)14-2-4-19-18(6-14)28-20(32)12-36-19/h2-6,8,13,15,26H,7,9-12H2,1H3,(H,28,32)/t15-/m1/s1. The van der Waals surface area contributed by atoms with Gasteiger partial charge in [0.25, 0.3) is 0 Å². The molecule has 2 N–H and O–H groups in total. The molecule has 5 heterocycles. The van der Waals surface area contributed by atoms with E-state index < -0.39 is 11.9 Å². The second kappa shape index (κ2) is 9.10. The molecule has 2 amide bonds. The molecule has 36 heavy (non-hydrogen) atoms. The molecule has 0 unspecified atom stereocenters. The number of ether oxygens (including phenoxy) is 2. The van der Waals surface area contributed by atoms with Gasteiger partial charge < -0.3 is 25.0 Å². The molecular formula is C24H23FN6O4S. The van der Waals surface area contributed by atoms with E-state index in [1.165, 1.54) is 25.1 Å². The SMILES string of the molecule is COc1ccc2ncc(F)c(N3CC(NC[C@@H]4CN(c5ccc6c(c5)NC(=O)CS6)C(=O)O4)C3)c2n1. The van der Waals surface area contributed by atoms with Crippen LogP contribution in [0.5, 0.6) is 5.88 Å². The van der Waals surface area contributed by atoms with Crippen LogP contribution in [-0.2, 0) is 9.53 Å². The third-order valence-electron chi connectivity index (χ3n) is 6.44. The molecule has 2 saturated heterocycles. The third kappa shape index (κ3) is 4.16. The Labute approximate surface area is 210 Å². The summed E-state index contributed by atoms with van der Waals surface area (Å²) in [7, 11) is 1.52. The van der Waals surface area contributed by atoms with Gasteiger partial charge in [-0.25, -0.2) is 14.2 Å². The lowest BCUT2D eigenvalue weighted by Crippen LogP contribution is -2.59. The van der Waals surface area contributed by atoms with Crippen molar-refractivity contribution in [2.45, 2.75) is 17.0 Å². The lowest BCUT2D eigenvalue weighted by atomic mass is 10.1. The molecule has 0 spiro atoms. The van der Waals surface area contributed by atoms with Crippen molar-refractivity contribution < 1.29 is 23.5 Å². The molecule has 0 saturated carbocycles. The number of nitrogens with one attached hydrogen (secondary N) is 2. The van der Waals surface area contributed by atoms with Crippen LogP contribution in [0.15, 0.2) is 41.4 Å². The molecule has 0 radical (unpaired) electrons. The van der Waals surface area contributed by atoms with Crippen molar-refractivity contribution in [2.24, 2.45) is 0 Å². The Hall–Kier alpha value is -3.64. The molecule has 1 atom stereocenters. The molecule has 0 bridgehead atoms. The van der Waals surface area contributed by atoms with Gasteiger partial charge in [0, 0.05) is 42.3 Å². The van der Waals surface area contributed by atoms with Crippen LogP contribution >= 0.6 is 11.8 Å². The number of benzene rings is 1. The predicted octanol–water partition coefficient (Wildman–Crippen LogP) is 2.63. The number of fused-ring (bicyclic) bond motifs is 2. The van der Waals surface area contributed by atoms with E-state index in [1.54, 1.807) is 23.1 Å². The van der Waals surface area contributed by atoms with Gasteiger partial charge in [-0.15, -0.1) is 11.8 Å². The molecule has 6 rings (SSSR count). The number of amides is 2. The summed E-state index contributed by atoms with van der Waals surface area (Å²) in [6.07, 6.45) is 0.470. The molecule has 2 aromatic heterocycles. The Morgan fingerprint density at radius 3 is 2.94 bits per heavy atom. The van der Waals surface area contributed by atoms with Crippen LogP contribution in [0, 0.1) is 5.82 Å². The first kappa shape index (κ1) is 22.8. The zero-order chi connectivity index (χ0) is 24.8. The minimum atomic E-state index is -0.429. The highest BCUT2D eigenvalue weighted by Crippen LogP contribution is 2.36. The second-order valence-electron chi connectivity index (χ2n) is 8.82. The van der Waals surface area contributed by atoms with Crippen molar-refractivity contribution in [3.8, 4) is 5.88 Å². The average molecular weight is 511 g/mol. The molecular weight excluding hydrogens is 487 g/mol. The summed E-state index contributed by atoms with van der Waals surface area (Å²) in [5.74, 6) is 0.305. The number of carbonyl (C=O) groups is 2. The highest BCUT2D eigenvalue weighted by atomic mass is 32.2. The summed E-state index contributed by atoms with van der Waals surface area (Å²) in [4.78, 5) is 37.2. The Balaban J connectivity index is 1.07. The van der Waals surface area contributed by atoms with Crippen LogP contribution in [-0.4, -0.2) is 73.2 Å². The molecule has 12 heteroatoms. The first-order valence-electron chi connectivity index (χ1n) is 11.5. The van der Waals surface area contributed by atoms with Gasteiger partial charge in [-0.05, 0) is 24.3 Å². The monoisotopic (exact) mass is 510 g/mol. The predicted molar refractivity (Wildman–Crippen MR) is 133 cm³/mol. The fourth-order valence-corrected chi connectivity index (χ4v) is 5.38. The fraction of sp³-hybridized carbons (Fsp3) is 0.333. The number of anilines is 3. The molecule has 3 aliphatic rings. The van der Waals surface area contributed by atoms with Crippen LogP contribution in [0.1, 0.15) is 0 Å². The van der Waals surface area contributed by atoms with E-state index in [-0.39, 0.29) is 18.1 Å². The number of hydrogen-bond donors (Lipinski definition) is 2. The van der Waals surface area contributed by atoms with Crippen molar-refractivity contribution in [3.05, 3.63) is 42.3 Å². The normalized spacial score (nSPS) is 19.7. The summed E-state index contributed by atoms with van der Waals surface area (Å²) in [5, 5.41) is 6.26. The Morgan fingerprint density at radius 2 is 2.11 bits per heavy atom. The summed E-state index contributed by atoms with van der Waals surface area (Å²) < 4.78 is 25.4. The minimum absolute atomic E-state index is 0.0557. The lowest BCUT2D eigenvalue weighted by Gasteiger charge is -2.42. The lowest BCUT2D eigenvalue weighted by molar-refractivity contribution is -0.113. The van der Waals surface area contributed by atoms with Crippen LogP contribution in [0.2, 0.25) is 0 Å². The molecule has 0 aliphatic carbocycles. The van der Waals surface area contributed by atoms with Crippen LogP contribution < -0.4 is 25.2 Å². The number of aromatic nitrogens is 2. The van der Waals surface area contributed by atoms with Crippen molar-refractivity contribution in [1.82, 2.24) is 15.3 Å². The maximum atomic E-state index is 14.7.